The molecule has 0 aromatic heterocycles. The average molecular weight is 666 g/mol. The van der Waals surface area contributed by atoms with Gasteiger partial charge in [-0.25, -0.2) is 0 Å². The van der Waals surface area contributed by atoms with Crippen LogP contribution in [0.15, 0.2) is 106 Å². The summed E-state index contributed by atoms with van der Waals surface area (Å²) in [7, 11) is 3.10. The van der Waals surface area contributed by atoms with Crippen LogP contribution >= 0.6 is 31.9 Å². The summed E-state index contributed by atoms with van der Waals surface area (Å²) in [4.78, 5) is 31.4. The van der Waals surface area contributed by atoms with Crippen LogP contribution in [0, 0.1) is 0 Å². The zero-order chi connectivity index (χ0) is 28.5. The standard InChI is InChI=1S/C32H30Br2N2O4/c1-39-29-15-13-25(33)19-27(29)31(37)35(21-23-9-5-3-6-10-23)17-18-36(22-24-11-7-4-8-12-24)32(38)28-20-26(34)14-16-30(28)40-2/h3-16,19-20H,17-18,21-22H2,1-2H3. The molecule has 0 heterocycles. The quantitative estimate of drug-likeness (QED) is 0.170. The van der Waals surface area contributed by atoms with Crippen molar-refractivity contribution in [2.24, 2.45) is 0 Å². The zero-order valence-corrected chi connectivity index (χ0v) is 25.5. The largest absolute Gasteiger partial charge is 0.496 e. The maximum atomic E-state index is 13.9. The Labute approximate surface area is 251 Å². The maximum Gasteiger partial charge on any atom is 0.258 e. The molecule has 0 fully saturated rings. The average Bonchev–Trinajstić information content (AvgIpc) is 2.98. The number of benzene rings is 4. The molecule has 6 nitrogen and oxygen atoms in total. The third-order valence-corrected chi connectivity index (χ3v) is 7.42. The molecular weight excluding hydrogens is 636 g/mol. The van der Waals surface area contributed by atoms with Crippen LogP contribution in [-0.2, 0) is 13.1 Å². The Morgan fingerprint density at radius 1 is 0.600 bits per heavy atom. The fraction of sp³-hybridized carbons (Fsp3) is 0.188. The number of halogens is 2. The Morgan fingerprint density at radius 3 is 1.32 bits per heavy atom. The van der Waals surface area contributed by atoms with Crippen LogP contribution in [0.25, 0.3) is 0 Å². The van der Waals surface area contributed by atoms with Crippen molar-refractivity contribution in [3.05, 3.63) is 128 Å². The minimum atomic E-state index is -0.186. The topological polar surface area (TPSA) is 59.1 Å². The van der Waals surface area contributed by atoms with Gasteiger partial charge in [-0.1, -0.05) is 92.5 Å². The number of carbonyl (C=O) groups is 2. The smallest absolute Gasteiger partial charge is 0.258 e. The number of methoxy groups -OCH3 is 2. The number of carbonyl (C=O) groups excluding carboxylic acids is 2. The SMILES string of the molecule is COc1ccc(Br)cc1C(=O)N(CCN(Cc1ccccc1)C(=O)c1cc(Br)ccc1OC)Cc1ccccc1. The lowest BCUT2D eigenvalue weighted by Gasteiger charge is -2.29. The summed E-state index contributed by atoms with van der Waals surface area (Å²) in [5.41, 5.74) is 2.86. The van der Waals surface area contributed by atoms with Crippen molar-refractivity contribution in [1.82, 2.24) is 9.80 Å². The van der Waals surface area contributed by atoms with Crippen molar-refractivity contribution < 1.29 is 19.1 Å². The molecule has 0 radical (unpaired) electrons. The van der Waals surface area contributed by atoms with E-state index in [0.29, 0.717) is 48.8 Å². The second-order valence-electron chi connectivity index (χ2n) is 9.11. The molecule has 0 atom stereocenters. The molecule has 8 heteroatoms. The first-order chi connectivity index (χ1) is 19.4. The molecule has 0 aliphatic carbocycles. The lowest BCUT2D eigenvalue weighted by atomic mass is 10.1. The molecule has 40 heavy (non-hydrogen) atoms. The molecule has 0 bridgehead atoms. The fourth-order valence-corrected chi connectivity index (χ4v) is 5.11. The zero-order valence-electron chi connectivity index (χ0n) is 22.3. The van der Waals surface area contributed by atoms with E-state index in [4.69, 9.17) is 9.47 Å². The summed E-state index contributed by atoms with van der Waals surface area (Å²) in [5, 5.41) is 0. The Hall–Kier alpha value is -3.62. The van der Waals surface area contributed by atoms with Crippen LogP contribution in [0.4, 0.5) is 0 Å². The van der Waals surface area contributed by atoms with E-state index in [2.05, 4.69) is 31.9 Å². The van der Waals surface area contributed by atoms with Crippen LogP contribution in [0.2, 0.25) is 0 Å². The van der Waals surface area contributed by atoms with Crippen LogP contribution in [0.1, 0.15) is 31.8 Å². The number of rotatable bonds is 11. The molecule has 4 aromatic carbocycles. The highest BCUT2D eigenvalue weighted by molar-refractivity contribution is 9.10. The first-order valence-corrected chi connectivity index (χ1v) is 14.3. The summed E-state index contributed by atoms with van der Waals surface area (Å²) >= 11 is 6.96. The molecule has 0 spiro atoms. The van der Waals surface area contributed by atoms with Crippen LogP contribution in [0.5, 0.6) is 11.5 Å². The summed E-state index contributed by atoms with van der Waals surface area (Å²) < 4.78 is 12.6. The van der Waals surface area contributed by atoms with Gasteiger partial charge in [-0.3, -0.25) is 9.59 Å². The summed E-state index contributed by atoms with van der Waals surface area (Å²) in [6, 6.07) is 30.3. The van der Waals surface area contributed by atoms with E-state index >= 15 is 0 Å². The van der Waals surface area contributed by atoms with Crippen molar-refractivity contribution in [2.45, 2.75) is 13.1 Å². The molecule has 206 valence electrons. The van der Waals surface area contributed by atoms with Crippen molar-refractivity contribution in [2.75, 3.05) is 27.3 Å². The molecule has 0 unspecified atom stereocenters. The van der Waals surface area contributed by atoms with Gasteiger partial charge in [0.1, 0.15) is 11.5 Å². The van der Waals surface area contributed by atoms with Gasteiger partial charge in [0.2, 0.25) is 0 Å². The molecule has 0 N–H and O–H groups in total. The van der Waals surface area contributed by atoms with E-state index < -0.39 is 0 Å². The van der Waals surface area contributed by atoms with Crippen molar-refractivity contribution >= 4 is 43.7 Å². The minimum absolute atomic E-state index is 0.186. The van der Waals surface area contributed by atoms with Gasteiger partial charge in [0.25, 0.3) is 11.8 Å². The Balaban J connectivity index is 1.67. The Morgan fingerprint density at radius 2 is 0.975 bits per heavy atom. The first-order valence-electron chi connectivity index (χ1n) is 12.7. The van der Waals surface area contributed by atoms with E-state index in [1.165, 1.54) is 0 Å². The van der Waals surface area contributed by atoms with E-state index in [-0.39, 0.29) is 11.8 Å². The monoisotopic (exact) mass is 664 g/mol. The summed E-state index contributed by atoms with van der Waals surface area (Å²) in [6.07, 6.45) is 0. The van der Waals surface area contributed by atoms with Crippen molar-refractivity contribution in [3.63, 3.8) is 0 Å². The molecule has 0 saturated heterocycles. The second-order valence-corrected chi connectivity index (χ2v) is 10.9. The Kier molecular flexibility index (Phi) is 10.4. The second kappa shape index (κ2) is 14.1. The third kappa shape index (κ3) is 7.52. The van der Waals surface area contributed by atoms with E-state index in [0.717, 1.165) is 20.1 Å². The van der Waals surface area contributed by atoms with E-state index in [9.17, 15) is 9.59 Å². The summed E-state index contributed by atoms with van der Waals surface area (Å²) in [6.45, 7) is 1.36. The van der Waals surface area contributed by atoms with Crippen LogP contribution < -0.4 is 9.47 Å². The van der Waals surface area contributed by atoms with Gasteiger partial charge in [-0.2, -0.15) is 0 Å². The number of ether oxygens (including phenoxy) is 2. The molecule has 2 amide bonds. The molecular formula is C32H30Br2N2O4. The van der Waals surface area contributed by atoms with Crippen molar-refractivity contribution in [3.8, 4) is 11.5 Å². The molecule has 0 saturated carbocycles. The van der Waals surface area contributed by atoms with Crippen molar-refractivity contribution in [1.29, 1.82) is 0 Å². The van der Waals surface area contributed by atoms with Gasteiger partial charge in [0.05, 0.1) is 25.3 Å². The molecule has 0 aliphatic heterocycles. The fourth-order valence-electron chi connectivity index (χ4n) is 4.39. The van der Waals surface area contributed by atoms with Gasteiger partial charge in [0.15, 0.2) is 0 Å². The van der Waals surface area contributed by atoms with Gasteiger partial charge in [-0.05, 0) is 47.5 Å². The maximum absolute atomic E-state index is 13.9. The minimum Gasteiger partial charge on any atom is -0.496 e. The van der Waals surface area contributed by atoms with E-state index in [1.54, 1.807) is 48.3 Å². The summed E-state index contributed by atoms with van der Waals surface area (Å²) in [5.74, 6) is 0.605. The van der Waals surface area contributed by atoms with Crippen LogP contribution in [-0.4, -0.2) is 48.9 Å². The van der Waals surface area contributed by atoms with E-state index in [1.807, 2.05) is 72.8 Å². The number of amides is 2. The number of hydrogen-bond acceptors (Lipinski definition) is 4. The van der Waals surface area contributed by atoms with Gasteiger partial charge < -0.3 is 19.3 Å². The predicted molar refractivity (Wildman–Crippen MR) is 164 cm³/mol. The highest BCUT2D eigenvalue weighted by Crippen LogP contribution is 2.27. The first kappa shape index (κ1) is 29.4. The lowest BCUT2D eigenvalue weighted by Crippen LogP contribution is -2.40. The number of hydrogen-bond donors (Lipinski definition) is 0. The molecule has 4 aromatic rings. The highest BCUT2D eigenvalue weighted by Gasteiger charge is 2.25. The highest BCUT2D eigenvalue weighted by atomic mass is 79.9. The molecule has 0 aliphatic rings. The van der Waals surface area contributed by atoms with Crippen LogP contribution in [0.3, 0.4) is 0 Å². The Bertz CT molecular complexity index is 1340. The molecule has 4 rings (SSSR count). The normalized spacial score (nSPS) is 10.6. The predicted octanol–water partition coefficient (Wildman–Crippen LogP) is 7.21. The van der Waals surface area contributed by atoms with Gasteiger partial charge in [0, 0.05) is 35.1 Å². The third-order valence-electron chi connectivity index (χ3n) is 6.43. The lowest BCUT2D eigenvalue weighted by molar-refractivity contribution is 0.0640. The number of nitrogens with zero attached hydrogens (tertiary/aromatic N) is 2. The van der Waals surface area contributed by atoms with Gasteiger partial charge >= 0.3 is 0 Å². The van der Waals surface area contributed by atoms with Gasteiger partial charge in [-0.15, -0.1) is 0 Å².